The Kier molecular flexibility index (Phi) is 5.58. The number of hydrogen-bond acceptors (Lipinski definition) is 3. The van der Waals surface area contributed by atoms with Crippen LogP contribution >= 0.6 is 0 Å². The second kappa shape index (κ2) is 7.64. The fourth-order valence-electron chi connectivity index (χ4n) is 1.93. The number of rotatable bonds is 7. The zero-order valence-corrected chi connectivity index (χ0v) is 12.4. The predicted molar refractivity (Wildman–Crippen MR) is 81.5 cm³/mol. The van der Waals surface area contributed by atoms with Crippen LogP contribution in [0.5, 0.6) is 17.2 Å². The van der Waals surface area contributed by atoms with E-state index >= 15 is 0 Å². The summed E-state index contributed by atoms with van der Waals surface area (Å²) in [7, 11) is 0. The third-order valence-electron chi connectivity index (χ3n) is 2.94. The molecule has 1 N–H and O–H groups in total. The van der Waals surface area contributed by atoms with Crippen LogP contribution < -0.4 is 14.8 Å². The molecule has 0 spiro atoms. The van der Waals surface area contributed by atoms with Crippen molar-refractivity contribution in [2.24, 2.45) is 0 Å². The zero-order chi connectivity index (χ0) is 15.1. The van der Waals surface area contributed by atoms with E-state index in [0.717, 1.165) is 12.1 Å². The van der Waals surface area contributed by atoms with Crippen molar-refractivity contribution in [3.05, 3.63) is 53.8 Å². The van der Waals surface area contributed by atoms with Crippen molar-refractivity contribution in [1.82, 2.24) is 5.32 Å². The lowest BCUT2D eigenvalue weighted by molar-refractivity contribution is 0.318. The first-order chi connectivity index (χ1) is 10.2. The minimum absolute atomic E-state index is 0.197. The molecule has 112 valence electrons. The van der Waals surface area contributed by atoms with Crippen molar-refractivity contribution in [3.8, 4) is 17.2 Å². The molecule has 2 rings (SSSR count). The lowest BCUT2D eigenvalue weighted by Crippen LogP contribution is -2.11. The monoisotopic (exact) mass is 289 g/mol. The molecule has 21 heavy (non-hydrogen) atoms. The first-order valence-electron chi connectivity index (χ1n) is 7.13. The molecule has 0 fully saturated rings. The molecule has 0 saturated heterocycles. The van der Waals surface area contributed by atoms with Gasteiger partial charge in [0.25, 0.3) is 0 Å². The van der Waals surface area contributed by atoms with E-state index in [-0.39, 0.29) is 11.6 Å². The third-order valence-corrected chi connectivity index (χ3v) is 2.94. The van der Waals surface area contributed by atoms with Crippen LogP contribution in [-0.2, 0) is 6.54 Å². The molecule has 0 unspecified atom stereocenters. The van der Waals surface area contributed by atoms with Gasteiger partial charge in [-0.2, -0.15) is 0 Å². The van der Waals surface area contributed by atoms with Gasteiger partial charge in [-0.15, -0.1) is 0 Å². The Hall–Kier alpha value is -2.07. The van der Waals surface area contributed by atoms with Crippen LogP contribution in [0.15, 0.2) is 42.5 Å². The van der Waals surface area contributed by atoms with Gasteiger partial charge in [-0.3, -0.25) is 0 Å². The van der Waals surface area contributed by atoms with E-state index in [0.29, 0.717) is 24.7 Å². The van der Waals surface area contributed by atoms with Gasteiger partial charge in [0.2, 0.25) is 0 Å². The Morgan fingerprint density at radius 1 is 1.00 bits per heavy atom. The molecule has 0 aromatic heterocycles. The zero-order valence-electron chi connectivity index (χ0n) is 12.4. The van der Waals surface area contributed by atoms with E-state index < -0.39 is 0 Å². The number of para-hydroxylation sites is 2. The number of halogens is 1. The SMILES string of the molecule is CCNCc1ccc(Oc2ccccc2OCC)c(F)c1. The minimum atomic E-state index is -0.378. The van der Waals surface area contributed by atoms with Crippen molar-refractivity contribution in [3.63, 3.8) is 0 Å². The topological polar surface area (TPSA) is 30.5 Å². The van der Waals surface area contributed by atoms with E-state index in [9.17, 15) is 4.39 Å². The second-order valence-corrected chi connectivity index (χ2v) is 4.53. The van der Waals surface area contributed by atoms with Gasteiger partial charge in [0, 0.05) is 6.54 Å². The van der Waals surface area contributed by atoms with E-state index in [4.69, 9.17) is 9.47 Å². The van der Waals surface area contributed by atoms with E-state index in [1.807, 2.05) is 32.0 Å². The van der Waals surface area contributed by atoms with Crippen LogP contribution in [0, 0.1) is 5.82 Å². The minimum Gasteiger partial charge on any atom is -0.490 e. The lowest BCUT2D eigenvalue weighted by atomic mass is 10.2. The number of benzene rings is 2. The Labute approximate surface area is 124 Å². The molecule has 0 bridgehead atoms. The molecule has 3 nitrogen and oxygen atoms in total. The first kappa shape index (κ1) is 15.3. The van der Waals surface area contributed by atoms with Gasteiger partial charge >= 0.3 is 0 Å². The Balaban J connectivity index is 2.16. The van der Waals surface area contributed by atoms with Crippen molar-refractivity contribution in [1.29, 1.82) is 0 Å². The molecule has 0 amide bonds. The van der Waals surface area contributed by atoms with Crippen LogP contribution in [-0.4, -0.2) is 13.2 Å². The molecule has 0 aliphatic rings. The van der Waals surface area contributed by atoms with Crippen LogP contribution in [0.4, 0.5) is 4.39 Å². The molecule has 0 aliphatic heterocycles. The van der Waals surface area contributed by atoms with E-state index in [1.54, 1.807) is 18.2 Å². The highest BCUT2D eigenvalue weighted by Crippen LogP contribution is 2.32. The molecule has 0 atom stereocenters. The lowest BCUT2D eigenvalue weighted by Gasteiger charge is -2.12. The average molecular weight is 289 g/mol. The number of ether oxygens (including phenoxy) is 2. The fourth-order valence-corrected chi connectivity index (χ4v) is 1.93. The van der Waals surface area contributed by atoms with Gasteiger partial charge in [-0.05, 0) is 43.3 Å². The fraction of sp³-hybridized carbons (Fsp3) is 0.294. The summed E-state index contributed by atoms with van der Waals surface area (Å²) in [5.41, 5.74) is 0.889. The van der Waals surface area contributed by atoms with Crippen molar-refractivity contribution >= 4 is 0 Å². The van der Waals surface area contributed by atoms with Gasteiger partial charge in [0.1, 0.15) is 0 Å². The predicted octanol–water partition coefficient (Wildman–Crippen LogP) is 4.13. The average Bonchev–Trinajstić information content (AvgIpc) is 2.49. The van der Waals surface area contributed by atoms with Gasteiger partial charge in [-0.25, -0.2) is 4.39 Å². The molecule has 0 saturated carbocycles. The van der Waals surface area contributed by atoms with Gasteiger partial charge in [0.15, 0.2) is 23.1 Å². The van der Waals surface area contributed by atoms with E-state index in [2.05, 4.69) is 5.32 Å². The molecule has 0 heterocycles. The second-order valence-electron chi connectivity index (χ2n) is 4.53. The summed E-state index contributed by atoms with van der Waals surface area (Å²) in [4.78, 5) is 0. The molecular formula is C17H20FNO2. The van der Waals surface area contributed by atoms with Gasteiger partial charge < -0.3 is 14.8 Å². The smallest absolute Gasteiger partial charge is 0.169 e. The molecule has 2 aromatic rings. The molecule has 0 aliphatic carbocycles. The summed E-state index contributed by atoms with van der Waals surface area (Å²) in [5.74, 6) is 0.938. The van der Waals surface area contributed by atoms with Gasteiger partial charge in [-0.1, -0.05) is 25.1 Å². The van der Waals surface area contributed by atoms with Crippen molar-refractivity contribution in [2.45, 2.75) is 20.4 Å². The Bertz CT molecular complexity index is 587. The van der Waals surface area contributed by atoms with Gasteiger partial charge in [0.05, 0.1) is 6.61 Å². The highest BCUT2D eigenvalue weighted by molar-refractivity contribution is 5.43. The summed E-state index contributed by atoms with van der Waals surface area (Å²) in [6, 6.07) is 12.2. The highest BCUT2D eigenvalue weighted by Gasteiger charge is 2.09. The maximum Gasteiger partial charge on any atom is 0.169 e. The summed E-state index contributed by atoms with van der Waals surface area (Å²) in [6.45, 7) is 5.93. The van der Waals surface area contributed by atoms with E-state index in [1.165, 1.54) is 6.07 Å². The summed E-state index contributed by atoms with van der Waals surface area (Å²) in [5, 5.41) is 3.16. The standard InChI is InChI=1S/C17H20FNO2/c1-3-19-12-13-9-10-15(14(18)11-13)21-17-8-6-5-7-16(17)20-4-2/h5-11,19H,3-4,12H2,1-2H3. The first-order valence-corrected chi connectivity index (χ1v) is 7.13. The molecule has 4 heteroatoms. The van der Waals surface area contributed by atoms with Crippen molar-refractivity contribution in [2.75, 3.05) is 13.2 Å². The Morgan fingerprint density at radius 2 is 1.76 bits per heavy atom. The molecule has 2 aromatic carbocycles. The quantitative estimate of drug-likeness (QED) is 0.831. The number of hydrogen-bond donors (Lipinski definition) is 1. The summed E-state index contributed by atoms with van der Waals surface area (Å²) in [6.07, 6.45) is 0. The largest absolute Gasteiger partial charge is 0.490 e. The maximum atomic E-state index is 14.1. The third kappa shape index (κ3) is 4.20. The van der Waals surface area contributed by atoms with Crippen LogP contribution in [0.3, 0.4) is 0 Å². The summed E-state index contributed by atoms with van der Waals surface area (Å²) >= 11 is 0. The molecule has 0 radical (unpaired) electrons. The Morgan fingerprint density at radius 3 is 2.43 bits per heavy atom. The normalized spacial score (nSPS) is 10.4. The maximum absolute atomic E-state index is 14.1. The van der Waals surface area contributed by atoms with Crippen LogP contribution in [0.1, 0.15) is 19.4 Å². The highest BCUT2D eigenvalue weighted by atomic mass is 19.1. The molecular weight excluding hydrogens is 269 g/mol. The van der Waals surface area contributed by atoms with Crippen molar-refractivity contribution < 1.29 is 13.9 Å². The van der Waals surface area contributed by atoms with Crippen LogP contribution in [0.25, 0.3) is 0 Å². The van der Waals surface area contributed by atoms with Crippen LogP contribution in [0.2, 0.25) is 0 Å². The summed E-state index contributed by atoms with van der Waals surface area (Å²) < 4.78 is 25.2. The number of nitrogens with one attached hydrogen (secondary N) is 1.